The van der Waals surface area contributed by atoms with Crippen LogP contribution in [0.2, 0.25) is 0 Å². The highest BCUT2D eigenvalue weighted by Crippen LogP contribution is 2.15. The van der Waals surface area contributed by atoms with Gasteiger partial charge in [0.2, 0.25) is 0 Å². The van der Waals surface area contributed by atoms with Crippen molar-refractivity contribution in [2.24, 2.45) is 0 Å². The molecule has 3 atom stereocenters. The van der Waals surface area contributed by atoms with Crippen LogP contribution in [0, 0.1) is 11.6 Å². The molecule has 1 heterocycles. The van der Waals surface area contributed by atoms with Crippen molar-refractivity contribution in [1.82, 2.24) is 10.2 Å². The quantitative estimate of drug-likeness (QED) is 0.932. The number of urea groups is 1. The van der Waals surface area contributed by atoms with E-state index in [0.717, 1.165) is 0 Å². The molecule has 1 saturated heterocycles. The molecule has 1 aliphatic heterocycles. The highest BCUT2D eigenvalue weighted by molar-refractivity contribution is 5.74. The Morgan fingerprint density at radius 2 is 1.86 bits per heavy atom. The van der Waals surface area contributed by atoms with Gasteiger partial charge >= 0.3 is 6.03 Å². The summed E-state index contributed by atoms with van der Waals surface area (Å²) in [6.07, 6.45) is 0.0716. The number of hydrogen-bond donors (Lipinski definition) is 1. The van der Waals surface area contributed by atoms with E-state index >= 15 is 0 Å². The summed E-state index contributed by atoms with van der Waals surface area (Å²) >= 11 is 0. The number of halogens is 2. The lowest BCUT2D eigenvalue weighted by Gasteiger charge is -2.35. The summed E-state index contributed by atoms with van der Waals surface area (Å²) in [5.74, 6) is -1.18. The first-order chi connectivity index (χ1) is 10.4. The van der Waals surface area contributed by atoms with E-state index in [1.807, 2.05) is 13.8 Å². The Balaban J connectivity index is 1.94. The molecule has 6 heteroatoms. The van der Waals surface area contributed by atoms with Crippen LogP contribution >= 0.6 is 0 Å². The highest BCUT2D eigenvalue weighted by atomic mass is 19.1. The van der Waals surface area contributed by atoms with Gasteiger partial charge in [-0.05, 0) is 39.3 Å². The molecule has 4 nitrogen and oxygen atoms in total. The van der Waals surface area contributed by atoms with Crippen molar-refractivity contribution in [3.05, 3.63) is 35.4 Å². The van der Waals surface area contributed by atoms with Gasteiger partial charge in [-0.25, -0.2) is 13.6 Å². The van der Waals surface area contributed by atoms with Gasteiger partial charge in [0.1, 0.15) is 11.6 Å². The predicted octanol–water partition coefficient (Wildman–Crippen LogP) is 2.71. The zero-order valence-corrected chi connectivity index (χ0v) is 13.1. The third kappa shape index (κ3) is 4.16. The minimum Gasteiger partial charge on any atom is -0.372 e. The third-order valence-corrected chi connectivity index (χ3v) is 3.65. The average Bonchev–Trinajstić information content (AvgIpc) is 2.42. The average molecular weight is 312 g/mol. The van der Waals surface area contributed by atoms with Crippen molar-refractivity contribution in [1.29, 1.82) is 0 Å². The predicted molar refractivity (Wildman–Crippen MR) is 79.6 cm³/mol. The first-order valence-electron chi connectivity index (χ1n) is 7.50. The number of nitrogens with one attached hydrogen (secondary N) is 1. The molecule has 2 rings (SSSR count). The van der Waals surface area contributed by atoms with Crippen LogP contribution in [0.15, 0.2) is 18.2 Å². The third-order valence-electron chi connectivity index (χ3n) is 3.65. The molecule has 2 amide bonds. The topological polar surface area (TPSA) is 41.6 Å². The summed E-state index contributed by atoms with van der Waals surface area (Å²) in [6, 6.07) is 3.17. The molecule has 0 aromatic heterocycles. The maximum atomic E-state index is 13.6. The molecule has 0 saturated carbocycles. The lowest BCUT2D eigenvalue weighted by atomic mass is 10.1. The Labute approximate surface area is 129 Å². The van der Waals surface area contributed by atoms with E-state index < -0.39 is 11.6 Å². The summed E-state index contributed by atoms with van der Waals surface area (Å²) in [6.45, 7) is 6.58. The zero-order chi connectivity index (χ0) is 16.3. The van der Waals surface area contributed by atoms with Crippen molar-refractivity contribution in [3.8, 4) is 0 Å². The molecule has 1 aromatic rings. The largest absolute Gasteiger partial charge is 0.372 e. The smallest absolute Gasteiger partial charge is 0.317 e. The summed E-state index contributed by atoms with van der Waals surface area (Å²) < 4.78 is 32.8. The van der Waals surface area contributed by atoms with E-state index in [1.54, 1.807) is 11.8 Å². The van der Waals surface area contributed by atoms with Gasteiger partial charge in [-0.3, -0.25) is 0 Å². The second-order valence-corrected chi connectivity index (χ2v) is 5.92. The molecule has 22 heavy (non-hydrogen) atoms. The molecule has 1 N–H and O–H groups in total. The maximum absolute atomic E-state index is 13.6. The first kappa shape index (κ1) is 16.7. The Morgan fingerprint density at radius 1 is 1.32 bits per heavy atom. The molecule has 0 bridgehead atoms. The SMILES string of the molecule is C[C@H](Cc1c(F)cccc1F)NC(=O)N1C[C@H](C)O[C@@H](C)C1. The Morgan fingerprint density at radius 3 is 2.41 bits per heavy atom. The summed E-state index contributed by atoms with van der Waals surface area (Å²) in [5.41, 5.74) is -0.000913. The van der Waals surface area contributed by atoms with Gasteiger partial charge in [0, 0.05) is 24.7 Å². The number of carbonyl (C=O) groups excluding carboxylic acids is 1. The van der Waals surface area contributed by atoms with Crippen LogP contribution in [-0.4, -0.2) is 42.3 Å². The van der Waals surface area contributed by atoms with E-state index in [2.05, 4.69) is 5.32 Å². The van der Waals surface area contributed by atoms with Crippen LogP contribution in [0.3, 0.4) is 0 Å². The second kappa shape index (κ2) is 7.05. The van der Waals surface area contributed by atoms with E-state index in [0.29, 0.717) is 13.1 Å². The Kier molecular flexibility index (Phi) is 5.34. The number of morpholine rings is 1. The van der Waals surface area contributed by atoms with Crippen molar-refractivity contribution in [2.45, 2.75) is 45.4 Å². The molecule has 1 aromatic carbocycles. The fourth-order valence-electron chi connectivity index (χ4n) is 2.73. The number of amides is 2. The lowest BCUT2D eigenvalue weighted by molar-refractivity contribution is -0.0547. The standard InChI is InChI=1S/C16H22F2N2O2/c1-10(7-13-14(17)5-4-6-15(13)18)19-16(21)20-8-11(2)22-12(3)9-20/h4-6,10-12H,7-9H2,1-3H3,(H,19,21)/t10-,11+,12+/m1/s1. The molecule has 122 valence electrons. The molecule has 0 unspecified atom stereocenters. The molecule has 0 aliphatic carbocycles. The van der Waals surface area contributed by atoms with E-state index in [9.17, 15) is 13.6 Å². The zero-order valence-electron chi connectivity index (χ0n) is 13.1. The van der Waals surface area contributed by atoms with Crippen LogP contribution in [0.1, 0.15) is 26.3 Å². The number of hydrogen-bond acceptors (Lipinski definition) is 2. The van der Waals surface area contributed by atoms with Crippen LogP contribution < -0.4 is 5.32 Å². The van der Waals surface area contributed by atoms with Gasteiger partial charge in [-0.15, -0.1) is 0 Å². The van der Waals surface area contributed by atoms with Crippen LogP contribution in [0.25, 0.3) is 0 Å². The number of rotatable bonds is 3. The molecule has 1 fully saturated rings. The van der Waals surface area contributed by atoms with Gasteiger partial charge in [0.25, 0.3) is 0 Å². The number of carbonyl (C=O) groups is 1. The van der Waals surface area contributed by atoms with E-state index in [1.165, 1.54) is 18.2 Å². The van der Waals surface area contributed by atoms with Gasteiger partial charge < -0.3 is 15.0 Å². The van der Waals surface area contributed by atoms with Crippen molar-refractivity contribution < 1.29 is 18.3 Å². The van der Waals surface area contributed by atoms with E-state index in [-0.39, 0.29) is 36.3 Å². The van der Waals surface area contributed by atoms with Crippen molar-refractivity contribution in [3.63, 3.8) is 0 Å². The minimum absolute atomic E-state index is 0.000913. The fraction of sp³-hybridized carbons (Fsp3) is 0.562. The summed E-state index contributed by atoms with van der Waals surface area (Å²) in [5, 5.41) is 2.79. The summed E-state index contributed by atoms with van der Waals surface area (Å²) in [4.78, 5) is 13.9. The van der Waals surface area contributed by atoms with Crippen molar-refractivity contribution in [2.75, 3.05) is 13.1 Å². The molecular weight excluding hydrogens is 290 g/mol. The maximum Gasteiger partial charge on any atom is 0.317 e. The number of benzene rings is 1. The van der Waals surface area contributed by atoms with Crippen LogP contribution in [0.5, 0.6) is 0 Å². The van der Waals surface area contributed by atoms with E-state index in [4.69, 9.17) is 4.74 Å². The van der Waals surface area contributed by atoms with Crippen LogP contribution in [-0.2, 0) is 11.2 Å². The molecule has 0 radical (unpaired) electrons. The van der Waals surface area contributed by atoms with Gasteiger partial charge in [0.15, 0.2) is 0 Å². The normalized spacial score (nSPS) is 23.2. The second-order valence-electron chi connectivity index (χ2n) is 5.92. The van der Waals surface area contributed by atoms with Gasteiger partial charge in [-0.2, -0.15) is 0 Å². The summed E-state index contributed by atoms with van der Waals surface area (Å²) in [7, 11) is 0. The monoisotopic (exact) mass is 312 g/mol. The molecule has 0 spiro atoms. The van der Waals surface area contributed by atoms with Gasteiger partial charge in [-0.1, -0.05) is 6.07 Å². The van der Waals surface area contributed by atoms with Crippen LogP contribution in [0.4, 0.5) is 13.6 Å². The number of nitrogens with zero attached hydrogens (tertiary/aromatic N) is 1. The molecule has 1 aliphatic rings. The Bertz CT molecular complexity index is 509. The fourth-order valence-corrected chi connectivity index (χ4v) is 2.73. The van der Waals surface area contributed by atoms with Gasteiger partial charge in [0.05, 0.1) is 12.2 Å². The van der Waals surface area contributed by atoms with Crippen molar-refractivity contribution >= 4 is 6.03 Å². The Hall–Kier alpha value is -1.69. The lowest BCUT2D eigenvalue weighted by Crippen LogP contribution is -2.53. The molecular formula is C16H22F2N2O2. The minimum atomic E-state index is -0.588. The first-order valence-corrected chi connectivity index (χ1v) is 7.50. The highest BCUT2D eigenvalue weighted by Gasteiger charge is 2.26. The number of ether oxygens (including phenoxy) is 1.